The Bertz CT molecular complexity index is 387. The Morgan fingerprint density at radius 1 is 1.32 bits per heavy atom. The number of amidine groups is 1. The summed E-state index contributed by atoms with van der Waals surface area (Å²) in [6.07, 6.45) is 1.96. The number of nitrogens with zero attached hydrogens (tertiary/aromatic N) is 2. The summed E-state index contributed by atoms with van der Waals surface area (Å²) in [7, 11) is 0. The first-order chi connectivity index (χ1) is 8.91. The number of hydrogen-bond donors (Lipinski definition) is 2. The van der Waals surface area contributed by atoms with Crippen LogP contribution >= 0.6 is 0 Å². The molecule has 0 aliphatic carbocycles. The van der Waals surface area contributed by atoms with Crippen LogP contribution in [0.4, 0.5) is 0 Å². The minimum Gasteiger partial charge on any atom is -0.409 e. The molecule has 6 heteroatoms. The molecule has 0 aromatic carbocycles. The predicted molar refractivity (Wildman–Crippen MR) is 70.9 cm³/mol. The quantitative estimate of drug-likeness (QED) is 0.336. The third-order valence-electron chi connectivity index (χ3n) is 4.32. The van der Waals surface area contributed by atoms with Crippen molar-refractivity contribution in [3.8, 4) is 0 Å². The van der Waals surface area contributed by atoms with Gasteiger partial charge in [-0.15, -0.1) is 0 Å². The van der Waals surface area contributed by atoms with Gasteiger partial charge in [-0.3, -0.25) is 4.79 Å². The van der Waals surface area contributed by atoms with E-state index in [0.29, 0.717) is 26.1 Å². The lowest BCUT2D eigenvalue weighted by molar-refractivity contribution is -0.141. The first-order valence-corrected chi connectivity index (χ1v) is 6.76. The largest absolute Gasteiger partial charge is 0.409 e. The van der Waals surface area contributed by atoms with Crippen LogP contribution in [0.3, 0.4) is 0 Å². The van der Waals surface area contributed by atoms with Crippen molar-refractivity contribution in [3.63, 3.8) is 0 Å². The van der Waals surface area contributed by atoms with E-state index in [2.05, 4.69) is 19.0 Å². The third kappa shape index (κ3) is 2.54. The second kappa shape index (κ2) is 5.00. The van der Waals surface area contributed by atoms with Gasteiger partial charge in [0, 0.05) is 26.3 Å². The lowest BCUT2D eigenvalue weighted by atomic mass is 9.77. The van der Waals surface area contributed by atoms with Crippen molar-refractivity contribution in [2.45, 2.75) is 33.1 Å². The van der Waals surface area contributed by atoms with E-state index in [0.717, 1.165) is 19.5 Å². The highest BCUT2D eigenvalue weighted by atomic mass is 16.5. The van der Waals surface area contributed by atoms with E-state index in [1.807, 2.05) is 4.90 Å². The van der Waals surface area contributed by atoms with Gasteiger partial charge in [0.2, 0.25) is 5.91 Å². The van der Waals surface area contributed by atoms with Gasteiger partial charge >= 0.3 is 0 Å². The summed E-state index contributed by atoms with van der Waals surface area (Å²) in [5.41, 5.74) is 5.08. The number of carbonyl (C=O) groups is 1. The normalized spacial score (nSPS) is 26.4. The van der Waals surface area contributed by atoms with Crippen molar-refractivity contribution in [2.24, 2.45) is 21.7 Å². The van der Waals surface area contributed by atoms with Crippen molar-refractivity contribution in [1.82, 2.24) is 4.90 Å². The molecule has 2 fully saturated rings. The first kappa shape index (κ1) is 14.1. The summed E-state index contributed by atoms with van der Waals surface area (Å²) in [6.45, 7) is 6.72. The Morgan fingerprint density at radius 2 is 1.95 bits per heavy atom. The Kier molecular flexibility index (Phi) is 3.71. The molecule has 0 saturated carbocycles. The van der Waals surface area contributed by atoms with E-state index in [-0.39, 0.29) is 17.2 Å². The van der Waals surface area contributed by atoms with Crippen LogP contribution < -0.4 is 5.73 Å². The summed E-state index contributed by atoms with van der Waals surface area (Å²) in [6, 6.07) is 0. The number of nitrogens with two attached hydrogens (primary N) is 1. The Morgan fingerprint density at radius 3 is 2.42 bits per heavy atom. The van der Waals surface area contributed by atoms with Crippen LogP contribution in [0.1, 0.15) is 33.1 Å². The predicted octanol–water partition coefficient (Wildman–Crippen LogP) is 0.788. The van der Waals surface area contributed by atoms with Crippen LogP contribution in [0, 0.1) is 10.8 Å². The number of carbonyl (C=O) groups excluding carboxylic acids is 1. The van der Waals surface area contributed by atoms with Crippen LogP contribution in [0.25, 0.3) is 0 Å². The van der Waals surface area contributed by atoms with Gasteiger partial charge in [0.1, 0.15) is 5.41 Å². The number of ether oxygens (including phenoxy) is 1. The SMILES string of the molecule is CC1(C)CCN(C(=O)C2(C(N)=NO)CCOCC2)C1. The second-order valence-electron chi connectivity index (χ2n) is 6.32. The number of oxime groups is 1. The molecular weight excluding hydrogens is 246 g/mol. The monoisotopic (exact) mass is 269 g/mol. The minimum absolute atomic E-state index is 0.0170. The molecule has 1 amide bonds. The molecule has 6 nitrogen and oxygen atoms in total. The fourth-order valence-corrected chi connectivity index (χ4v) is 2.98. The highest BCUT2D eigenvalue weighted by Crippen LogP contribution is 2.37. The van der Waals surface area contributed by atoms with Crippen LogP contribution in [-0.4, -0.2) is 48.2 Å². The molecule has 2 saturated heterocycles. The average Bonchev–Trinajstić information content (AvgIpc) is 2.78. The van der Waals surface area contributed by atoms with Gasteiger partial charge in [0.15, 0.2) is 5.84 Å². The van der Waals surface area contributed by atoms with E-state index in [9.17, 15) is 4.79 Å². The highest BCUT2D eigenvalue weighted by molar-refractivity contribution is 6.06. The summed E-state index contributed by atoms with van der Waals surface area (Å²) in [4.78, 5) is 14.7. The molecule has 0 unspecified atom stereocenters. The van der Waals surface area contributed by atoms with E-state index >= 15 is 0 Å². The van der Waals surface area contributed by atoms with Crippen LogP contribution in [0.5, 0.6) is 0 Å². The van der Waals surface area contributed by atoms with Crippen molar-refractivity contribution in [1.29, 1.82) is 0 Å². The van der Waals surface area contributed by atoms with Crippen LogP contribution in [-0.2, 0) is 9.53 Å². The molecule has 2 aliphatic heterocycles. The van der Waals surface area contributed by atoms with Crippen molar-refractivity contribution in [2.75, 3.05) is 26.3 Å². The number of amides is 1. The molecule has 0 bridgehead atoms. The Balaban J connectivity index is 2.22. The molecule has 3 N–H and O–H groups in total. The molecule has 0 atom stereocenters. The van der Waals surface area contributed by atoms with Crippen molar-refractivity contribution >= 4 is 11.7 Å². The van der Waals surface area contributed by atoms with E-state index in [1.165, 1.54) is 0 Å². The maximum Gasteiger partial charge on any atom is 0.236 e. The summed E-state index contributed by atoms with van der Waals surface area (Å²) in [5, 5.41) is 12.1. The van der Waals surface area contributed by atoms with Gasteiger partial charge in [-0.2, -0.15) is 0 Å². The molecule has 2 rings (SSSR count). The van der Waals surface area contributed by atoms with E-state index < -0.39 is 5.41 Å². The molecule has 0 aromatic rings. The zero-order valence-electron chi connectivity index (χ0n) is 11.7. The molecule has 108 valence electrons. The summed E-state index contributed by atoms with van der Waals surface area (Å²) >= 11 is 0. The summed E-state index contributed by atoms with van der Waals surface area (Å²) < 4.78 is 5.31. The third-order valence-corrected chi connectivity index (χ3v) is 4.32. The van der Waals surface area contributed by atoms with E-state index in [1.54, 1.807) is 0 Å². The topological polar surface area (TPSA) is 88.2 Å². The fourth-order valence-electron chi connectivity index (χ4n) is 2.98. The van der Waals surface area contributed by atoms with Crippen LogP contribution in [0.2, 0.25) is 0 Å². The zero-order chi connectivity index (χ0) is 14.1. The van der Waals surface area contributed by atoms with Crippen LogP contribution in [0.15, 0.2) is 5.16 Å². The highest BCUT2D eigenvalue weighted by Gasteiger charge is 2.48. The number of hydrogen-bond acceptors (Lipinski definition) is 4. The standard InChI is InChI=1S/C13H23N3O3/c1-12(2)3-6-16(9-12)11(17)13(10(14)15-18)4-7-19-8-5-13/h18H,3-9H2,1-2H3,(H2,14,15). The molecule has 2 heterocycles. The molecule has 19 heavy (non-hydrogen) atoms. The molecular formula is C13H23N3O3. The van der Waals surface area contributed by atoms with Crippen molar-refractivity contribution < 1.29 is 14.7 Å². The molecule has 2 aliphatic rings. The average molecular weight is 269 g/mol. The summed E-state index contributed by atoms with van der Waals surface area (Å²) in [5.74, 6) is 0.00202. The second-order valence-corrected chi connectivity index (χ2v) is 6.32. The van der Waals surface area contributed by atoms with Gasteiger partial charge in [0.25, 0.3) is 0 Å². The molecule has 0 aromatic heterocycles. The molecule has 0 radical (unpaired) electrons. The van der Waals surface area contributed by atoms with Crippen molar-refractivity contribution in [3.05, 3.63) is 0 Å². The van der Waals surface area contributed by atoms with Gasteiger partial charge in [-0.05, 0) is 24.7 Å². The maximum absolute atomic E-state index is 12.8. The van der Waals surface area contributed by atoms with Gasteiger partial charge in [-0.1, -0.05) is 19.0 Å². The number of likely N-dealkylation sites (tertiary alicyclic amines) is 1. The first-order valence-electron chi connectivity index (χ1n) is 6.76. The smallest absolute Gasteiger partial charge is 0.236 e. The Hall–Kier alpha value is -1.30. The van der Waals surface area contributed by atoms with Gasteiger partial charge in [-0.25, -0.2) is 0 Å². The fraction of sp³-hybridized carbons (Fsp3) is 0.846. The van der Waals surface area contributed by atoms with Gasteiger partial charge in [0.05, 0.1) is 0 Å². The number of rotatable bonds is 2. The molecule has 0 spiro atoms. The lowest BCUT2D eigenvalue weighted by Crippen LogP contribution is -2.53. The minimum atomic E-state index is -0.882. The van der Waals surface area contributed by atoms with Gasteiger partial charge < -0.3 is 20.6 Å². The van der Waals surface area contributed by atoms with E-state index in [4.69, 9.17) is 15.7 Å². The maximum atomic E-state index is 12.8. The zero-order valence-corrected chi connectivity index (χ0v) is 11.7. The lowest BCUT2D eigenvalue weighted by Gasteiger charge is -2.37. The Labute approximate surface area is 113 Å².